The van der Waals surface area contributed by atoms with Crippen molar-refractivity contribution in [3.8, 4) is 0 Å². The van der Waals surface area contributed by atoms with Crippen molar-refractivity contribution >= 4 is 0 Å². The van der Waals surface area contributed by atoms with Crippen LogP contribution >= 0.6 is 0 Å². The third-order valence-corrected chi connectivity index (χ3v) is 10.4. The van der Waals surface area contributed by atoms with Gasteiger partial charge in [-0.2, -0.15) is 0 Å². The Morgan fingerprint density at radius 1 is 0.931 bits per heavy atom. The van der Waals surface area contributed by atoms with Gasteiger partial charge in [-0.25, -0.2) is 0 Å². The Morgan fingerprint density at radius 2 is 1.69 bits per heavy atom. The first-order valence-electron chi connectivity index (χ1n) is 12.8. The Hall–Kier alpha value is -0.560. The molecule has 1 heteroatoms. The number of hydrogen-bond donors (Lipinski definition) is 1. The second-order valence-corrected chi connectivity index (χ2v) is 12.2. The van der Waals surface area contributed by atoms with Crippen LogP contribution in [0.25, 0.3) is 0 Å². The van der Waals surface area contributed by atoms with Crippen LogP contribution in [0.1, 0.15) is 99.3 Å². The highest BCUT2D eigenvalue weighted by Crippen LogP contribution is 2.65. The fraction of sp³-hybridized carbons (Fsp3) is 0.857. The van der Waals surface area contributed by atoms with E-state index in [9.17, 15) is 5.11 Å². The smallest absolute Gasteiger partial charge is 0.0543 e. The van der Waals surface area contributed by atoms with Gasteiger partial charge in [0.05, 0.1) is 6.10 Å². The first kappa shape index (κ1) is 21.7. The summed E-state index contributed by atoms with van der Waals surface area (Å²) in [6, 6.07) is 0. The van der Waals surface area contributed by atoms with Gasteiger partial charge in [-0.3, -0.25) is 0 Å². The maximum atomic E-state index is 10.2. The number of hydrogen-bond acceptors (Lipinski definition) is 1. The minimum absolute atomic E-state index is 0.0409. The molecular weight excluding hydrogens is 352 g/mol. The van der Waals surface area contributed by atoms with Gasteiger partial charge < -0.3 is 5.11 Å². The van der Waals surface area contributed by atoms with E-state index in [-0.39, 0.29) is 6.10 Å². The maximum Gasteiger partial charge on any atom is 0.0543 e. The highest BCUT2D eigenvalue weighted by Gasteiger charge is 2.55. The van der Waals surface area contributed by atoms with Crippen LogP contribution in [0.4, 0.5) is 0 Å². The van der Waals surface area contributed by atoms with Gasteiger partial charge in [0.15, 0.2) is 0 Å². The Bertz CT molecular complexity index is 672. The van der Waals surface area contributed by atoms with Crippen molar-refractivity contribution in [2.45, 2.75) is 105 Å². The molecule has 4 rings (SSSR count). The summed E-state index contributed by atoms with van der Waals surface area (Å²) in [6.45, 7) is 14.7. The maximum absolute atomic E-state index is 10.2. The highest BCUT2D eigenvalue weighted by atomic mass is 16.3. The molecule has 0 aromatic carbocycles. The lowest BCUT2D eigenvalue weighted by Gasteiger charge is -2.55. The summed E-state index contributed by atoms with van der Waals surface area (Å²) in [5, 5.41) is 10.2. The molecule has 1 nitrogen and oxygen atoms in total. The molecule has 4 aliphatic rings. The molecule has 0 radical (unpaired) electrons. The summed E-state index contributed by atoms with van der Waals surface area (Å²) < 4.78 is 0. The monoisotopic (exact) mass is 398 g/mol. The van der Waals surface area contributed by atoms with Crippen LogP contribution in [-0.2, 0) is 0 Å². The van der Waals surface area contributed by atoms with Crippen LogP contribution in [0.15, 0.2) is 23.3 Å². The van der Waals surface area contributed by atoms with Crippen LogP contribution in [0, 0.1) is 46.3 Å². The fourth-order valence-electron chi connectivity index (χ4n) is 8.05. The van der Waals surface area contributed by atoms with E-state index in [4.69, 9.17) is 0 Å². The SMILES string of the molecule is CC(C)[C@@H](C)C=C[C@@H](C)[C@H]1CC[C@H]2C3=C(CC[C@]12C)[C@@]1(C)CCC(O)CC1CC3. The van der Waals surface area contributed by atoms with E-state index in [0.717, 1.165) is 36.5 Å². The molecule has 4 aliphatic carbocycles. The molecule has 1 N–H and O–H groups in total. The minimum atomic E-state index is -0.0409. The van der Waals surface area contributed by atoms with Crippen LogP contribution in [0.5, 0.6) is 0 Å². The molecule has 0 amide bonds. The predicted octanol–water partition coefficient (Wildman–Crippen LogP) is 7.55. The average molecular weight is 399 g/mol. The van der Waals surface area contributed by atoms with E-state index in [0.29, 0.717) is 22.7 Å². The third kappa shape index (κ3) is 3.58. The van der Waals surface area contributed by atoms with Crippen molar-refractivity contribution in [1.82, 2.24) is 0 Å². The molecule has 0 heterocycles. The molecule has 0 saturated heterocycles. The van der Waals surface area contributed by atoms with Gasteiger partial charge >= 0.3 is 0 Å². The minimum Gasteiger partial charge on any atom is -0.393 e. The number of fused-ring (bicyclic) bond motifs is 4. The van der Waals surface area contributed by atoms with E-state index in [2.05, 4.69) is 53.7 Å². The van der Waals surface area contributed by atoms with Crippen molar-refractivity contribution in [1.29, 1.82) is 0 Å². The molecule has 2 unspecified atom stereocenters. The van der Waals surface area contributed by atoms with E-state index >= 15 is 0 Å². The summed E-state index contributed by atoms with van der Waals surface area (Å²) >= 11 is 0. The van der Waals surface area contributed by atoms with E-state index in [1.54, 1.807) is 0 Å². The van der Waals surface area contributed by atoms with Gasteiger partial charge in [0.25, 0.3) is 0 Å². The summed E-state index contributed by atoms with van der Waals surface area (Å²) in [7, 11) is 0. The quantitative estimate of drug-likeness (QED) is 0.484. The lowest BCUT2D eigenvalue weighted by molar-refractivity contribution is 0.0145. The zero-order valence-corrected chi connectivity index (χ0v) is 20.0. The summed E-state index contributed by atoms with van der Waals surface area (Å²) in [6.07, 6.45) is 16.5. The van der Waals surface area contributed by atoms with Gasteiger partial charge in [0.1, 0.15) is 0 Å². The molecule has 2 saturated carbocycles. The van der Waals surface area contributed by atoms with E-state index < -0.39 is 0 Å². The van der Waals surface area contributed by atoms with Gasteiger partial charge in [0, 0.05) is 0 Å². The van der Waals surface area contributed by atoms with Gasteiger partial charge in [-0.15, -0.1) is 0 Å². The number of allylic oxidation sites excluding steroid dienone is 4. The van der Waals surface area contributed by atoms with Crippen LogP contribution in [-0.4, -0.2) is 11.2 Å². The second-order valence-electron chi connectivity index (χ2n) is 12.2. The Kier molecular flexibility index (Phi) is 5.86. The zero-order valence-electron chi connectivity index (χ0n) is 20.0. The third-order valence-electron chi connectivity index (χ3n) is 10.4. The predicted molar refractivity (Wildman–Crippen MR) is 124 cm³/mol. The number of aliphatic hydroxyl groups excluding tert-OH is 1. The number of rotatable bonds is 4. The topological polar surface area (TPSA) is 20.2 Å². The van der Waals surface area contributed by atoms with E-state index in [1.807, 2.05) is 11.1 Å². The lowest BCUT2D eigenvalue weighted by Crippen LogP contribution is -2.45. The summed E-state index contributed by atoms with van der Waals surface area (Å²) in [5.41, 5.74) is 4.65. The van der Waals surface area contributed by atoms with Crippen LogP contribution < -0.4 is 0 Å². The van der Waals surface area contributed by atoms with Crippen molar-refractivity contribution in [2.75, 3.05) is 0 Å². The molecule has 0 spiro atoms. The van der Waals surface area contributed by atoms with E-state index in [1.165, 1.54) is 44.9 Å². The summed E-state index contributed by atoms with van der Waals surface area (Å²) in [5.74, 6) is 4.52. The molecule has 0 aliphatic heterocycles. The molecule has 164 valence electrons. The van der Waals surface area contributed by atoms with Gasteiger partial charge in [0.2, 0.25) is 0 Å². The van der Waals surface area contributed by atoms with Crippen molar-refractivity contribution in [3.05, 3.63) is 23.3 Å². The Labute approximate surface area is 180 Å². The molecule has 0 aromatic rings. The standard InChI is InChI=1S/C28H46O/c1-18(2)19(3)7-8-20(4)24-11-12-25-23-10-9-21-17-22(29)13-15-27(21,5)26(23)14-16-28(24,25)6/h7-8,18-22,24-25,29H,9-17H2,1-6H3/t19-,20+,21?,22?,24+,25-,27-,28+/m0/s1. The normalized spacial score (nSPS) is 44.6. The largest absolute Gasteiger partial charge is 0.393 e. The Balaban J connectivity index is 1.56. The van der Waals surface area contributed by atoms with Crippen LogP contribution in [0.2, 0.25) is 0 Å². The Morgan fingerprint density at radius 3 is 2.41 bits per heavy atom. The highest BCUT2D eigenvalue weighted by molar-refractivity contribution is 5.34. The average Bonchev–Trinajstić information content (AvgIpc) is 3.03. The number of aliphatic hydroxyl groups is 1. The van der Waals surface area contributed by atoms with Crippen molar-refractivity contribution in [2.24, 2.45) is 46.3 Å². The molecule has 8 atom stereocenters. The summed E-state index contributed by atoms with van der Waals surface area (Å²) in [4.78, 5) is 0. The van der Waals surface area contributed by atoms with Crippen LogP contribution in [0.3, 0.4) is 0 Å². The lowest BCUT2D eigenvalue weighted by atomic mass is 9.50. The van der Waals surface area contributed by atoms with Gasteiger partial charge in [-0.05, 0) is 104 Å². The second kappa shape index (κ2) is 7.85. The fourth-order valence-corrected chi connectivity index (χ4v) is 8.05. The molecule has 29 heavy (non-hydrogen) atoms. The van der Waals surface area contributed by atoms with Gasteiger partial charge in [-0.1, -0.05) is 64.8 Å². The van der Waals surface area contributed by atoms with Crippen molar-refractivity contribution in [3.63, 3.8) is 0 Å². The molecule has 0 aromatic heterocycles. The van der Waals surface area contributed by atoms with Crippen molar-refractivity contribution < 1.29 is 5.11 Å². The zero-order chi connectivity index (χ0) is 21.0. The molecular formula is C28H46O. The molecule has 2 fully saturated rings. The molecule has 0 bridgehead atoms. The first-order valence-corrected chi connectivity index (χ1v) is 12.8. The first-order chi connectivity index (χ1) is 13.7.